The van der Waals surface area contributed by atoms with Crippen LogP contribution in [0.5, 0.6) is 0 Å². The smallest absolute Gasteiger partial charge is 0.408 e. The molecule has 2 unspecified atom stereocenters. The van der Waals surface area contributed by atoms with E-state index in [4.69, 9.17) is 22.1 Å². The second kappa shape index (κ2) is 12.3. The third kappa shape index (κ3) is 8.07. The van der Waals surface area contributed by atoms with Crippen LogP contribution < -0.4 is 16.4 Å². The van der Waals surface area contributed by atoms with E-state index in [1.807, 2.05) is 19.1 Å². The second-order valence-corrected chi connectivity index (χ2v) is 11.0. The molecule has 1 fully saturated rings. The summed E-state index contributed by atoms with van der Waals surface area (Å²) in [7, 11) is 0. The number of nitrogens with zero attached hydrogens (tertiary/aromatic N) is 1. The van der Waals surface area contributed by atoms with Crippen LogP contribution in [-0.2, 0) is 19.1 Å². The van der Waals surface area contributed by atoms with Gasteiger partial charge in [-0.1, -0.05) is 54.6 Å². The molecule has 0 bridgehead atoms. The van der Waals surface area contributed by atoms with Gasteiger partial charge in [-0.05, 0) is 69.4 Å². The van der Waals surface area contributed by atoms with Crippen molar-refractivity contribution < 1.29 is 23.9 Å². The number of nitrogens with one attached hydrogen (secondary N) is 2. The summed E-state index contributed by atoms with van der Waals surface area (Å²) in [5.74, 6) is -1.91. The SMILES string of the molecule is C=Cc1cccc(C(C(=O)Nc2c(C)cccc2Cl)N(C(=O)C(CC(N)=O)NC(=O)OC(C)(C)C)C2CC2)c1. The standard InChI is InChI=1S/C29H35ClN4O5/c1-6-18-10-8-11-19(15-18)25(26(36)33-24-17(2)9-7-12-21(24)30)34(20-13-14-20)27(37)22(16-23(31)35)32-28(38)39-29(3,4)5/h6-12,15,20,22,25H,1,13-14,16H2,2-5H3,(H2,31,35)(H,32,38)(H,33,36). The summed E-state index contributed by atoms with van der Waals surface area (Å²) < 4.78 is 5.31. The predicted octanol–water partition coefficient (Wildman–Crippen LogP) is 4.73. The lowest BCUT2D eigenvalue weighted by Gasteiger charge is -2.34. The highest BCUT2D eigenvalue weighted by atomic mass is 35.5. The molecule has 0 saturated heterocycles. The third-order valence-corrected chi connectivity index (χ3v) is 6.36. The maximum absolute atomic E-state index is 14.0. The zero-order valence-electron chi connectivity index (χ0n) is 22.6. The molecule has 2 aromatic carbocycles. The normalized spacial score (nSPS) is 14.5. The quantitative estimate of drug-likeness (QED) is 0.391. The Hall–Kier alpha value is -3.85. The van der Waals surface area contributed by atoms with Crippen LogP contribution in [0.15, 0.2) is 49.0 Å². The molecule has 4 amide bonds. The molecule has 10 heteroatoms. The van der Waals surface area contributed by atoms with Crippen LogP contribution in [0.4, 0.5) is 10.5 Å². The van der Waals surface area contributed by atoms with Crippen molar-refractivity contribution in [3.05, 3.63) is 70.8 Å². The van der Waals surface area contributed by atoms with Gasteiger partial charge in [-0.25, -0.2) is 4.79 Å². The number of carbonyl (C=O) groups is 4. The van der Waals surface area contributed by atoms with Gasteiger partial charge in [0.2, 0.25) is 11.8 Å². The topological polar surface area (TPSA) is 131 Å². The van der Waals surface area contributed by atoms with Gasteiger partial charge in [0.1, 0.15) is 17.7 Å². The summed E-state index contributed by atoms with van der Waals surface area (Å²) in [6.07, 6.45) is 1.60. The van der Waals surface area contributed by atoms with E-state index in [9.17, 15) is 19.2 Å². The van der Waals surface area contributed by atoms with E-state index in [0.29, 0.717) is 29.1 Å². The van der Waals surface area contributed by atoms with E-state index in [1.165, 1.54) is 4.90 Å². The first kappa shape index (κ1) is 29.7. The number of primary amides is 1. The molecule has 0 radical (unpaired) electrons. The van der Waals surface area contributed by atoms with E-state index in [1.54, 1.807) is 57.2 Å². The molecular weight excluding hydrogens is 520 g/mol. The number of ether oxygens (including phenoxy) is 1. The van der Waals surface area contributed by atoms with Crippen molar-refractivity contribution in [1.29, 1.82) is 0 Å². The van der Waals surface area contributed by atoms with Crippen molar-refractivity contribution in [1.82, 2.24) is 10.2 Å². The molecular formula is C29H35ClN4O5. The highest BCUT2D eigenvalue weighted by Gasteiger charge is 2.44. The lowest BCUT2D eigenvalue weighted by Crippen LogP contribution is -2.54. The second-order valence-electron chi connectivity index (χ2n) is 10.5. The van der Waals surface area contributed by atoms with E-state index in [0.717, 1.165) is 11.1 Å². The summed E-state index contributed by atoms with van der Waals surface area (Å²) >= 11 is 6.39. The van der Waals surface area contributed by atoms with Crippen LogP contribution in [0, 0.1) is 6.92 Å². The minimum Gasteiger partial charge on any atom is -0.444 e. The first-order valence-electron chi connectivity index (χ1n) is 12.7. The van der Waals surface area contributed by atoms with Crippen LogP contribution >= 0.6 is 11.6 Å². The van der Waals surface area contributed by atoms with Crippen molar-refractivity contribution in [2.45, 2.75) is 70.7 Å². The number of halogens is 1. The molecule has 1 aliphatic carbocycles. The Morgan fingerprint density at radius 2 is 1.85 bits per heavy atom. The van der Waals surface area contributed by atoms with Crippen LogP contribution in [0.2, 0.25) is 5.02 Å². The van der Waals surface area contributed by atoms with Gasteiger partial charge < -0.3 is 26.0 Å². The molecule has 4 N–H and O–H groups in total. The number of hydrogen-bond donors (Lipinski definition) is 3. The average Bonchev–Trinajstić information content (AvgIpc) is 3.67. The van der Waals surface area contributed by atoms with Gasteiger partial charge in [0.15, 0.2) is 0 Å². The van der Waals surface area contributed by atoms with Crippen LogP contribution in [0.3, 0.4) is 0 Å². The summed E-state index contributed by atoms with van der Waals surface area (Å²) in [4.78, 5) is 53.9. The van der Waals surface area contributed by atoms with Crippen LogP contribution in [0.25, 0.3) is 6.08 Å². The van der Waals surface area contributed by atoms with Crippen molar-refractivity contribution >= 4 is 47.2 Å². The zero-order valence-corrected chi connectivity index (χ0v) is 23.4. The molecule has 0 aromatic heterocycles. The molecule has 9 nitrogen and oxygen atoms in total. The number of alkyl carbamates (subject to hydrolysis) is 1. The number of anilines is 1. The summed E-state index contributed by atoms with van der Waals surface area (Å²) in [5.41, 5.74) is 7.07. The number of benzene rings is 2. The van der Waals surface area contributed by atoms with E-state index in [2.05, 4.69) is 17.2 Å². The molecule has 1 saturated carbocycles. The predicted molar refractivity (Wildman–Crippen MR) is 151 cm³/mol. The monoisotopic (exact) mass is 554 g/mol. The van der Waals surface area contributed by atoms with Crippen LogP contribution in [-0.4, -0.2) is 46.4 Å². The van der Waals surface area contributed by atoms with Crippen molar-refractivity contribution in [2.24, 2.45) is 5.73 Å². The minimum atomic E-state index is -1.34. The summed E-state index contributed by atoms with van der Waals surface area (Å²) in [6.45, 7) is 10.7. The molecule has 0 aliphatic heterocycles. The Morgan fingerprint density at radius 3 is 2.41 bits per heavy atom. The largest absolute Gasteiger partial charge is 0.444 e. The molecule has 0 heterocycles. The van der Waals surface area contributed by atoms with E-state index < -0.39 is 47.9 Å². The highest BCUT2D eigenvalue weighted by Crippen LogP contribution is 2.37. The number of amides is 4. The fourth-order valence-corrected chi connectivity index (χ4v) is 4.45. The third-order valence-electron chi connectivity index (χ3n) is 6.05. The molecule has 39 heavy (non-hydrogen) atoms. The Labute approximate surface area is 233 Å². The minimum absolute atomic E-state index is 0.288. The van der Waals surface area contributed by atoms with Gasteiger partial charge in [-0.15, -0.1) is 0 Å². The van der Waals surface area contributed by atoms with Crippen molar-refractivity contribution in [3.8, 4) is 0 Å². The lowest BCUT2D eigenvalue weighted by molar-refractivity contribution is -0.142. The Kier molecular flexibility index (Phi) is 9.40. The van der Waals surface area contributed by atoms with Gasteiger partial charge in [0.05, 0.1) is 17.1 Å². The number of carbonyl (C=O) groups excluding carboxylic acids is 4. The van der Waals surface area contributed by atoms with Crippen LogP contribution in [0.1, 0.15) is 62.8 Å². The Morgan fingerprint density at radius 1 is 1.18 bits per heavy atom. The average molecular weight is 555 g/mol. The molecule has 3 rings (SSSR count). The number of nitrogens with two attached hydrogens (primary N) is 1. The zero-order chi connectivity index (χ0) is 28.9. The van der Waals surface area contributed by atoms with Gasteiger partial charge in [-0.2, -0.15) is 0 Å². The van der Waals surface area contributed by atoms with Gasteiger partial charge in [0.25, 0.3) is 5.91 Å². The molecule has 0 spiro atoms. The highest BCUT2D eigenvalue weighted by molar-refractivity contribution is 6.34. The summed E-state index contributed by atoms with van der Waals surface area (Å²) in [6, 6.07) is 9.62. The molecule has 2 aromatic rings. The first-order valence-corrected chi connectivity index (χ1v) is 13.1. The maximum atomic E-state index is 14.0. The van der Waals surface area contributed by atoms with Gasteiger partial charge in [-0.3, -0.25) is 14.4 Å². The molecule has 2 atom stereocenters. The van der Waals surface area contributed by atoms with Crippen molar-refractivity contribution in [2.75, 3.05) is 5.32 Å². The fraction of sp³-hybridized carbons (Fsp3) is 0.379. The number of rotatable bonds is 10. The number of para-hydroxylation sites is 1. The molecule has 1 aliphatic rings. The lowest BCUT2D eigenvalue weighted by atomic mass is 9.99. The van der Waals surface area contributed by atoms with Crippen molar-refractivity contribution in [3.63, 3.8) is 0 Å². The number of aryl methyl sites for hydroxylation is 1. The first-order chi connectivity index (χ1) is 18.3. The maximum Gasteiger partial charge on any atom is 0.408 e. The Bertz CT molecular complexity index is 1250. The van der Waals surface area contributed by atoms with Gasteiger partial charge >= 0.3 is 6.09 Å². The van der Waals surface area contributed by atoms with Gasteiger partial charge in [0, 0.05) is 6.04 Å². The Balaban J connectivity index is 2.05. The summed E-state index contributed by atoms with van der Waals surface area (Å²) in [5, 5.41) is 5.72. The fourth-order valence-electron chi connectivity index (χ4n) is 4.18. The molecule has 208 valence electrons. The van der Waals surface area contributed by atoms with E-state index in [-0.39, 0.29) is 6.04 Å². The van der Waals surface area contributed by atoms with E-state index >= 15 is 0 Å². The number of hydrogen-bond acceptors (Lipinski definition) is 5.